The zero-order valence-corrected chi connectivity index (χ0v) is 5.07. The van der Waals surface area contributed by atoms with Crippen LogP contribution in [0.5, 0.6) is 0 Å². The summed E-state index contributed by atoms with van der Waals surface area (Å²) in [5.41, 5.74) is 1.07. The van der Waals surface area contributed by atoms with Crippen molar-refractivity contribution in [2.24, 2.45) is 0 Å². The molecule has 0 radical (unpaired) electrons. The Bertz CT molecular complexity index is 92.4. The van der Waals surface area contributed by atoms with Crippen molar-refractivity contribution in [1.82, 2.24) is 0 Å². The maximum atomic E-state index is 3.74. The maximum absolute atomic E-state index is 3.74. The van der Waals surface area contributed by atoms with Crippen molar-refractivity contribution in [2.45, 2.75) is 13.3 Å². The smallest absolute Gasteiger partial charge is 0.173 e. The first kappa shape index (κ1) is 6.41. The van der Waals surface area contributed by atoms with E-state index in [1.165, 1.54) is 0 Å². The molecule has 0 fully saturated rings. The Balaban J connectivity index is 3.58. The molecule has 0 atom stereocenters. The summed E-state index contributed by atoms with van der Waals surface area (Å²) in [7, 11) is 1.89. The Morgan fingerprint density at radius 1 is 1.71 bits per heavy atom. The highest BCUT2D eigenvalue weighted by Gasteiger charge is 1.92. The SMILES string of the molecule is C=C(CC)[N+](=C)C. The predicted molar refractivity (Wildman–Crippen MR) is 32.7 cm³/mol. The number of allylic oxidation sites excluding steroid dienone is 1. The highest BCUT2D eigenvalue weighted by molar-refractivity contribution is 5.16. The lowest BCUT2D eigenvalue weighted by Crippen LogP contribution is -1.97. The summed E-state index contributed by atoms with van der Waals surface area (Å²) in [5, 5.41) is 0. The molecule has 0 aromatic carbocycles. The maximum Gasteiger partial charge on any atom is 0.173 e. The fraction of sp³-hybridized carbons (Fsp3) is 0.500. The van der Waals surface area contributed by atoms with Gasteiger partial charge in [-0.2, -0.15) is 0 Å². The second kappa shape index (κ2) is 2.56. The topological polar surface area (TPSA) is 3.01 Å². The van der Waals surface area contributed by atoms with Gasteiger partial charge in [-0.1, -0.05) is 6.92 Å². The summed E-state index contributed by atoms with van der Waals surface area (Å²) in [6, 6.07) is 0. The van der Waals surface area contributed by atoms with Crippen LogP contribution in [0.1, 0.15) is 13.3 Å². The number of rotatable bonds is 2. The van der Waals surface area contributed by atoms with E-state index in [4.69, 9.17) is 0 Å². The van der Waals surface area contributed by atoms with E-state index >= 15 is 0 Å². The summed E-state index contributed by atoms with van der Waals surface area (Å²) < 4.78 is 1.78. The van der Waals surface area contributed by atoms with Crippen molar-refractivity contribution in [1.29, 1.82) is 0 Å². The first-order chi connectivity index (χ1) is 3.18. The van der Waals surface area contributed by atoms with Crippen LogP contribution in [-0.4, -0.2) is 18.3 Å². The molecule has 1 nitrogen and oxygen atoms in total. The van der Waals surface area contributed by atoms with Gasteiger partial charge in [0.05, 0.1) is 0 Å². The second-order valence-corrected chi connectivity index (χ2v) is 1.62. The number of hydrogen-bond donors (Lipinski definition) is 0. The van der Waals surface area contributed by atoms with Crippen LogP contribution in [0.3, 0.4) is 0 Å². The first-order valence-electron chi connectivity index (χ1n) is 2.40. The normalized spacial score (nSPS) is 8.29. The van der Waals surface area contributed by atoms with E-state index in [1.807, 2.05) is 7.05 Å². The van der Waals surface area contributed by atoms with Gasteiger partial charge in [-0.05, 0) is 6.58 Å². The van der Waals surface area contributed by atoms with E-state index in [2.05, 4.69) is 20.2 Å². The predicted octanol–water partition coefficient (Wildman–Crippen LogP) is 1.25. The molecule has 0 rings (SSSR count). The zero-order chi connectivity index (χ0) is 5.86. The van der Waals surface area contributed by atoms with Crippen LogP contribution >= 0.6 is 0 Å². The Morgan fingerprint density at radius 2 is 2.14 bits per heavy atom. The van der Waals surface area contributed by atoms with E-state index < -0.39 is 0 Å². The Labute approximate surface area is 45.0 Å². The largest absolute Gasteiger partial charge is 0.212 e. The lowest BCUT2D eigenvalue weighted by molar-refractivity contribution is -0.436. The lowest BCUT2D eigenvalue weighted by atomic mass is 10.4. The molecule has 7 heavy (non-hydrogen) atoms. The third-order valence-electron chi connectivity index (χ3n) is 0.948. The van der Waals surface area contributed by atoms with Crippen LogP contribution in [0.25, 0.3) is 0 Å². The summed E-state index contributed by atoms with van der Waals surface area (Å²) >= 11 is 0. The molecule has 0 aromatic heterocycles. The van der Waals surface area contributed by atoms with Crippen molar-refractivity contribution < 1.29 is 4.58 Å². The first-order valence-corrected chi connectivity index (χ1v) is 2.40. The van der Waals surface area contributed by atoms with E-state index in [9.17, 15) is 0 Å². The van der Waals surface area contributed by atoms with Gasteiger partial charge in [0.25, 0.3) is 0 Å². The molecular formula is C6H12N+. The molecule has 0 aromatic rings. The number of hydrogen-bond acceptors (Lipinski definition) is 0. The molecular weight excluding hydrogens is 86.1 g/mol. The minimum atomic E-state index is 0.986. The van der Waals surface area contributed by atoms with Crippen LogP contribution in [0.4, 0.5) is 0 Å². The summed E-state index contributed by atoms with van der Waals surface area (Å²) in [6.45, 7) is 9.44. The highest BCUT2D eigenvalue weighted by atomic mass is 14.9. The molecule has 0 unspecified atom stereocenters. The number of nitrogens with zero attached hydrogens (tertiary/aromatic N) is 1. The van der Waals surface area contributed by atoms with Gasteiger partial charge < -0.3 is 0 Å². The van der Waals surface area contributed by atoms with Crippen LogP contribution < -0.4 is 0 Å². The molecule has 40 valence electrons. The molecule has 0 aliphatic rings. The van der Waals surface area contributed by atoms with Gasteiger partial charge in [0.1, 0.15) is 13.8 Å². The van der Waals surface area contributed by atoms with Crippen molar-refractivity contribution in [3.63, 3.8) is 0 Å². The van der Waals surface area contributed by atoms with Gasteiger partial charge in [-0.25, -0.2) is 4.58 Å². The molecule has 0 spiro atoms. The molecule has 0 amide bonds. The third-order valence-corrected chi connectivity index (χ3v) is 0.948. The average molecular weight is 98.2 g/mol. The van der Waals surface area contributed by atoms with Crippen molar-refractivity contribution in [3.05, 3.63) is 12.3 Å². The molecule has 0 bridgehead atoms. The minimum absolute atomic E-state index is 0.986. The van der Waals surface area contributed by atoms with Gasteiger partial charge in [-0.15, -0.1) is 0 Å². The monoisotopic (exact) mass is 98.1 g/mol. The minimum Gasteiger partial charge on any atom is -0.212 e. The van der Waals surface area contributed by atoms with Crippen LogP contribution in [0, 0.1) is 0 Å². The van der Waals surface area contributed by atoms with Gasteiger partial charge in [0, 0.05) is 6.42 Å². The fourth-order valence-corrected chi connectivity index (χ4v) is 0.270. The van der Waals surface area contributed by atoms with Crippen molar-refractivity contribution in [3.8, 4) is 0 Å². The standard InChI is InChI=1S/C6H12N/c1-5-6(2)7(3)4/h2-3,5H2,1,4H3/q+1. The van der Waals surface area contributed by atoms with E-state index in [0.717, 1.165) is 12.1 Å². The summed E-state index contributed by atoms with van der Waals surface area (Å²) in [6.07, 6.45) is 0.986. The Morgan fingerprint density at radius 3 is 2.14 bits per heavy atom. The Hall–Kier alpha value is -0.590. The molecule has 0 aliphatic carbocycles. The summed E-state index contributed by atoms with van der Waals surface area (Å²) in [5.74, 6) is 0. The quantitative estimate of drug-likeness (QED) is 0.361. The van der Waals surface area contributed by atoms with Gasteiger partial charge in [0.15, 0.2) is 5.70 Å². The molecule has 0 aliphatic heterocycles. The lowest BCUT2D eigenvalue weighted by Gasteiger charge is -1.89. The van der Waals surface area contributed by atoms with Crippen molar-refractivity contribution in [2.75, 3.05) is 7.05 Å². The molecule has 0 heterocycles. The second-order valence-electron chi connectivity index (χ2n) is 1.62. The van der Waals surface area contributed by atoms with Crippen molar-refractivity contribution >= 4 is 6.72 Å². The molecule has 0 saturated heterocycles. The van der Waals surface area contributed by atoms with Crippen LogP contribution in [0.2, 0.25) is 0 Å². The van der Waals surface area contributed by atoms with Crippen LogP contribution in [-0.2, 0) is 0 Å². The molecule has 0 N–H and O–H groups in total. The van der Waals surface area contributed by atoms with Crippen LogP contribution in [0.15, 0.2) is 12.3 Å². The van der Waals surface area contributed by atoms with E-state index in [0.29, 0.717) is 0 Å². The molecule has 1 heteroatoms. The Kier molecular flexibility index (Phi) is 2.34. The molecule has 0 saturated carbocycles. The fourth-order valence-electron chi connectivity index (χ4n) is 0.270. The van der Waals surface area contributed by atoms with Gasteiger partial charge in [-0.3, -0.25) is 0 Å². The van der Waals surface area contributed by atoms with E-state index in [-0.39, 0.29) is 0 Å². The third kappa shape index (κ3) is 2.15. The van der Waals surface area contributed by atoms with Gasteiger partial charge in [0.2, 0.25) is 0 Å². The van der Waals surface area contributed by atoms with Gasteiger partial charge >= 0.3 is 0 Å². The zero-order valence-electron chi connectivity index (χ0n) is 5.07. The summed E-state index contributed by atoms with van der Waals surface area (Å²) in [4.78, 5) is 0. The average Bonchev–Trinajstić information content (AvgIpc) is 1.65. The van der Waals surface area contributed by atoms with E-state index in [1.54, 1.807) is 4.58 Å². The highest BCUT2D eigenvalue weighted by Crippen LogP contribution is 1.92.